The van der Waals surface area contributed by atoms with Crippen molar-refractivity contribution in [3.05, 3.63) is 82.5 Å². The van der Waals surface area contributed by atoms with E-state index in [1.807, 2.05) is 38.1 Å². The Kier molecular flexibility index (Phi) is 5.27. The number of aryl methyl sites for hydroxylation is 2. The topological polar surface area (TPSA) is 66.9 Å². The van der Waals surface area contributed by atoms with Gasteiger partial charge in [-0.2, -0.15) is 0 Å². The second-order valence-electron chi connectivity index (χ2n) is 6.35. The van der Waals surface area contributed by atoms with Crippen molar-refractivity contribution in [3.8, 4) is 0 Å². The van der Waals surface area contributed by atoms with Crippen LogP contribution < -0.4 is 10.6 Å². The lowest BCUT2D eigenvalue weighted by molar-refractivity contribution is 0.102. The number of nitrogens with zero attached hydrogens (tertiary/aromatic N) is 2. The predicted octanol–water partition coefficient (Wildman–Crippen LogP) is 4.27. The van der Waals surface area contributed by atoms with E-state index in [4.69, 9.17) is 0 Å². The summed E-state index contributed by atoms with van der Waals surface area (Å²) in [5, 5.41) is 14.2. The summed E-state index contributed by atoms with van der Waals surface area (Å²) < 4.78 is 0. The summed E-state index contributed by atoms with van der Waals surface area (Å²) in [6.45, 7) is 6.71. The number of benzene rings is 2. The Morgan fingerprint density at radius 1 is 0.962 bits per heavy atom. The van der Waals surface area contributed by atoms with E-state index in [9.17, 15) is 4.79 Å². The van der Waals surface area contributed by atoms with Gasteiger partial charge in [-0.05, 0) is 55.7 Å². The third kappa shape index (κ3) is 4.25. The van der Waals surface area contributed by atoms with Gasteiger partial charge < -0.3 is 10.6 Å². The second-order valence-corrected chi connectivity index (χ2v) is 6.35. The van der Waals surface area contributed by atoms with E-state index in [1.165, 1.54) is 11.1 Å². The summed E-state index contributed by atoms with van der Waals surface area (Å²) >= 11 is 0. The lowest BCUT2D eigenvalue weighted by Gasteiger charge is -2.10. The van der Waals surface area contributed by atoms with Crippen molar-refractivity contribution >= 4 is 17.4 Å². The Morgan fingerprint density at radius 2 is 1.77 bits per heavy atom. The molecule has 0 radical (unpaired) electrons. The molecule has 0 spiro atoms. The minimum absolute atomic E-state index is 0.267. The van der Waals surface area contributed by atoms with Crippen LogP contribution in [0, 0.1) is 20.8 Å². The third-order valence-corrected chi connectivity index (χ3v) is 4.31. The van der Waals surface area contributed by atoms with Crippen LogP contribution in [0.1, 0.15) is 32.7 Å². The van der Waals surface area contributed by atoms with Crippen molar-refractivity contribution in [2.45, 2.75) is 27.3 Å². The number of hydrogen-bond donors (Lipinski definition) is 2. The van der Waals surface area contributed by atoms with Crippen LogP contribution in [0.25, 0.3) is 0 Å². The van der Waals surface area contributed by atoms with Crippen LogP contribution in [0.5, 0.6) is 0 Å². The van der Waals surface area contributed by atoms with Gasteiger partial charge in [0.25, 0.3) is 5.91 Å². The summed E-state index contributed by atoms with van der Waals surface area (Å²) in [6, 6.07) is 17.5. The first kappa shape index (κ1) is 17.6. The highest BCUT2D eigenvalue weighted by Crippen LogP contribution is 2.18. The first-order chi connectivity index (χ1) is 12.5. The molecular weight excluding hydrogens is 324 g/mol. The van der Waals surface area contributed by atoms with Crippen molar-refractivity contribution in [1.82, 2.24) is 10.2 Å². The van der Waals surface area contributed by atoms with Crippen LogP contribution in [0.2, 0.25) is 0 Å². The van der Waals surface area contributed by atoms with Gasteiger partial charge in [0.2, 0.25) is 0 Å². The Bertz CT molecular complexity index is 920. The Balaban J connectivity index is 1.63. The summed E-state index contributed by atoms with van der Waals surface area (Å²) in [5.74, 6) is 0.367. The molecule has 0 aliphatic heterocycles. The Morgan fingerprint density at radius 3 is 2.50 bits per heavy atom. The standard InChI is InChI=1S/C21H22N4O/c1-14-6-4-8-17(12-14)13-22-20-11-10-19(24-25-20)21(26)23-18-9-5-7-15(2)16(18)3/h4-12H,13H2,1-3H3,(H,22,25)(H,23,26). The summed E-state index contributed by atoms with van der Waals surface area (Å²) in [5.41, 5.74) is 5.64. The molecule has 2 aromatic carbocycles. The molecule has 0 saturated heterocycles. The van der Waals surface area contributed by atoms with Crippen LogP contribution in [0.3, 0.4) is 0 Å². The highest BCUT2D eigenvalue weighted by atomic mass is 16.1. The molecule has 26 heavy (non-hydrogen) atoms. The molecule has 0 atom stereocenters. The molecule has 0 saturated carbocycles. The first-order valence-electron chi connectivity index (χ1n) is 8.53. The van der Waals surface area contributed by atoms with Crippen molar-refractivity contribution in [2.75, 3.05) is 10.6 Å². The maximum absolute atomic E-state index is 12.4. The Labute approximate surface area is 153 Å². The zero-order chi connectivity index (χ0) is 18.5. The van der Waals surface area contributed by atoms with Crippen molar-refractivity contribution in [3.63, 3.8) is 0 Å². The lowest BCUT2D eigenvalue weighted by Crippen LogP contribution is -2.15. The normalized spacial score (nSPS) is 10.4. The summed E-state index contributed by atoms with van der Waals surface area (Å²) in [4.78, 5) is 12.4. The van der Waals surface area contributed by atoms with Gasteiger partial charge in [0.15, 0.2) is 5.69 Å². The zero-order valence-corrected chi connectivity index (χ0v) is 15.2. The van der Waals surface area contributed by atoms with Crippen molar-refractivity contribution in [1.29, 1.82) is 0 Å². The van der Waals surface area contributed by atoms with Crippen LogP contribution in [0.15, 0.2) is 54.6 Å². The molecule has 0 bridgehead atoms. The number of carbonyl (C=O) groups is 1. The highest BCUT2D eigenvalue weighted by Gasteiger charge is 2.10. The molecule has 0 aliphatic carbocycles. The summed E-state index contributed by atoms with van der Waals surface area (Å²) in [6.07, 6.45) is 0. The maximum Gasteiger partial charge on any atom is 0.276 e. The SMILES string of the molecule is Cc1cccc(CNc2ccc(C(=O)Nc3cccc(C)c3C)nn2)c1. The average Bonchev–Trinajstić information content (AvgIpc) is 2.64. The summed E-state index contributed by atoms with van der Waals surface area (Å²) in [7, 11) is 0. The minimum Gasteiger partial charge on any atom is -0.365 e. The van der Waals surface area contributed by atoms with Gasteiger partial charge in [0.05, 0.1) is 0 Å². The minimum atomic E-state index is -0.267. The number of nitrogens with one attached hydrogen (secondary N) is 2. The fraction of sp³-hybridized carbons (Fsp3) is 0.190. The molecule has 2 N–H and O–H groups in total. The molecule has 132 valence electrons. The quantitative estimate of drug-likeness (QED) is 0.724. The van der Waals surface area contributed by atoms with E-state index in [-0.39, 0.29) is 11.6 Å². The lowest BCUT2D eigenvalue weighted by atomic mass is 10.1. The number of carbonyl (C=O) groups excluding carboxylic acids is 1. The van der Waals surface area contributed by atoms with Gasteiger partial charge in [-0.1, -0.05) is 42.0 Å². The zero-order valence-electron chi connectivity index (χ0n) is 15.2. The molecule has 1 heterocycles. The number of anilines is 2. The second kappa shape index (κ2) is 7.78. The van der Waals surface area contributed by atoms with Crippen LogP contribution >= 0.6 is 0 Å². The monoisotopic (exact) mass is 346 g/mol. The van der Waals surface area contributed by atoms with E-state index in [0.29, 0.717) is 12.4 Å². The highest BCUT2D eigenvalue weighted by molar-refractivity contribution is 6.03. The molecule has 0 unspecified atom stereocenters. The van der Waals surface area contributed by atoms with Crippen molar-refractivity contribution < 1.29 is 4.79 Å². The third-order valence-electron chi connectivity index (χ3n) is 4.31. The average molecular weight is 346 g/mol. The maximum atomic E-state index is 12.4. The van der Waals surface area contributed by atoms with Gasteiger partial charge in [0, 0.05) is 12.2 Å². The van der Waals surface area contributed by atoms with Gasteiger partial charge in [-0.25, -0.2) is 0 Å². The largest absolute Gasteiger partial charge is 0.365 e. The van der Waals surface area contributed by atoms with Crippen LogP contribution in [-0.2, 0) is 6.54 Å². The molecule has 0 aliphatic rings. The smallest absolute Gasteiger partial charge is 0.276 e. The van der Waals surface area contributed by atoms with Gasteiger partial charge in [0.1, 0.15) is 5.82 Å². The van der Waals surface area contributed by atoms with Crippen molar-refractivity contribution in [2.24, 2.45) is 0 Å². The molecule has 3 rings (SSSR count). The van der Waals surface area contributed by atoms with Gasteiger partial charge in [-0.15, -0.1) is 10.2 Å². The van der Waals surface area contributed by atoms with Gasteiger partial charge in [-0.3, -0.25) is 4.79 Å². The number of amides is 1. The van der Waals surface area contributed by atoms with E-state index in [1.54, 1.807) is 12.1 Å². The fourth-order valence-corrected chi connectivity index (χ4v) is 2.64. The van der Waals surface area contributed by atoms with Gasteiger partial charge >= 0.3 is 0 Å². The molecule has 1 aromatic heterocycles. The first-order valence-corrected chi connectivity index (χ1v) is 8.53. The molecule has 1 amide bonds. The van der Waals surface area contributed by atoms with E-state index >= 15 is 0 Å². The molecule has 0 fully saturated rings. The van der Waals surface area contributed by atoms with E-state index in [2.05, 4.69) is 46.0 Å². The van der Waals surface area contributed by atoms with Crippen LogP contribution in [-0.4, -0.2) is 16.1 Å². The molecule has 5 nitrogen and oxygen atoms in total. The number of rotatable bonds is 5. The van der Waals surface area contributed by atoms with E-state index in [0.717, 1.165) is 16.8 Å². The molecular formula is C21H22N4O. The predicted molar refractivity (Wildman–Crippen MR) is 104 cm³/mol. The fourth-order valence-electron chi connectivity index (χ4n) is 2.64. The van der Waals surface area contributed by atoms with Crippen LogP contribution in [0.4, 0.5) is 11.5 Å². The Hall–Kier alpha value is -3.21. The molecule has 3 aromatic rings. The molecule has 5 heteroatoms. The number of hydrogen-bond acceptors (Lipinski definition) is 4. The number of aromatic nitrogens is 2. The van der Waals surface area contributed by atoms with E-state index < -0.39 is 0 Å².